The van der Waals surface area contributed by atoms with Gasteiger partial charge in [-0.1, -0.05) is 42.3 Å². The lowest BCUT2D eigenvalue weighted by Crippen LogP contribution is -2.73. The van der Waals surface area contributed by atoms with Gasteiger partial charge in [0.1, 0.15) is 0 Å². The quantitative estimate of drug-likeness (QED) is 0.153. The van der Waals surface area contributed by atoms with Gasteiger partial charge in [-0.3, -0.25) is 0 Å². The van der Waals surface area contributed by atoms with Crippen LogP contribution in [-0.2, 0) is 0 Å². The first-order valence-electron chi connectivity index (χ1n) is 16.1. The van der Waals surface area contributed by atoms with Crippen LogP contribution in [0.4, 0.5) is 0 Å². The van der Waals surface area contributed by atoms with Gasteiger partial charge in [0, 0.05) is 5.04 Å². The van der Waals surface area contributed by atoms with Gasteiger partial charge in [-0.05, 0) is 79.4 Å². The number of ether oxygens (including phenoxy) is 9. The fourth-order valence-corrected chi connectivity index (χ4v) is 14.7. The van der Waals surface area contributed by atoms with Gasteiger partial charge in [0.15, 0.2) is 42.6 Å². The van der Waals surface area contributed by atoms with Gasteiger partial charge in [-0.25, -0.2) is 0 Å². The van der Waals surface area contributed by atoms with E-state index < -0.39 is 13.1 Å². The minimum Gasteiger partial charge on any atom is -0.493 e. The Morgan fingerprint density at radius 1 is 0.408 bits per heavy atom. The Hall–Kier alpha value is -4.44. The lowest BCUT2D eigenvalue weighted by molar-refractivity contribution is 0.323. The third-order valence-electron chi connectivity index (χ3n) is 10.4. The van der Waals surface area contributed by atoms with Gasteiger partial charge in [-0.15, -0.1) is 0 Å². The van der Waals surface area contributed by atoms with Crippen LogP contribution in [0.15, 0.2) is 41.0 Å². The SMILES string of the molecule is COc1c(C)cc([Si](c2cc(C)c(OC)c(OC)c2OC)(c2cc(C)c(OC)c(OC)c2OC)C2(C)C=C(C)C(C)=C2C)c(OC)c1OC. The monoisotopic (exact) mass is 692 g/mol. The molecule has 3 aromatic rings. The molecule has 0 N–H and O–H groups in total. The van der Waals surface area contributed by atoms with Crippen LogP contribution < -0.4 is 58.2 Å². The highest BCUT2D eigenvalue weighted by molar-refractivity contribution is 7.15. The summed E-state index contributed by atoms with van der Waals surface area (Å²) in [7, 11) is 11.1. The fraction of sp³-hybridized carbons (Fsp3) is 0.436. The molecule has 0 saturated carbocycles. The van der Waals surface area contributed by atoms with Crippen LogP contribution >= 0.6 is 0 Å². The number of rotatable bonds is 13. The van der Waals surface area contributed by atoms with Crippen molar-refractivity contribution in [2.45, 2.75) is 53.5 Å². The van der Waals surface area contributed by atoms with Crippen LogP contribution in [0.1, 0.15) is 44.4 Å². The van der Waals surface area contributed by atoms with E-state index >= 15 is 0 Å². The predicted molar refractivity (Wildman–Crippen MR) is 198 cm³/mol. The molecule has 9 nitrogen and oxygen atoms in total. The van der Waals surface area contributed by atoms with Gasteiger partial charge in [0.2, 0.25) is 17.2 Å². The molecular formula is C39H52O9Si. The first kappa shape index (κ1) is 37.4. The summed E-state index contributed by atoms with van der Waals surface area (Å²) in [6.07, 6.45) is 2.38. The standard InChI is InChI=1S/C39H52O9Si/c1-21-17-27(33(43-11)36(46-14)30(21)40-8)49(39(7)20-24(4)25(5)26(39)6,28-18-22(2)31(41-9)37(47-15)34(28)44-12)29-19-23(3)32(42-10)38(48-16)35(29)45-13/h17-20H,1-16H3. The molecule has 0 bridgehead atoms. The molecule has 1 atom stereocenters. The predicted octanol–water partition coefficient (Wildman–Crippen LogP) is 6.22. The van der Waals surface area contributed by atoms with Gasteiger partial charge in [0.05, 0.1) is 64.0 Å². The summed E-state index contributed by atoms with van der Waals surface area (Å²) in [6, 6.07) is 6.50. The van der Waals surface area contributed by atoms with E-state index in [0.29, 0.717) is 51.7 Å². The van der Waals surface area contributed by atoms with E-state index in [1.54, 1.807) is 64.0 Å². The molecule has 0 aliphatic heterocycles. The lowest BCUT2D eigenvalue weighted by atomic mass is 10.0. The second-order valence-corrected chi connectivity index (χ2v) is 16.7. The maximum atomic E-state index is 6.42. The average Bonchev–Trinajstić information content (AvgIpc) is 3.29. The summed E-state index contributed by atoms with van der Waals surface area (Å²) >= 11 is 0. The smallest absolute Gasteiger partial charge is 0.203 e. The van der Waals surface area contributed by atoms with Crippen LogP contribution in [0.25, 0.3) is 0 Å². The van der Waals surface area contributed by atoms with Crippen molar-refractivity contribution in [2.75, 3.05) is 64.0 Å². The number of hydrogen-bond acceptors (Lipinski definition) is 9. The Morgan fingerprint density at radius 3 is 0.878 bits per heavy atom. The zero-order chi connectivity index (χ0) is 36.6. The number of hydrogen-bond donors (Lipinski definition) is 0. The zero-order valence-corrected chi connectivity index (χ0v) is 33.0. The minimum atomic E-state index is -3.72. The third-order valence-corrected chi connectivity index (χ3v) is 16.0. The topological polar surface area (TPSA) is 83.1 Å². The van der Waals surface area contributed by atoms with E-state index in [-0.39, 0.29) is 0 Å². The molecule has 1 aliphatic rings. The molecule has 1 unspecified atom stereocenters. The fourth-order valence-electron chi connectivity index (χ4n) is 8.02. The molecule has 49 heavy (non-hydrogen) atoms. The molecule has 10 heteroatoms. The third kappa shape index (κ3) is 5.26. The normalized spacial score (nSPS) is 15.9. The van der Waals surface area contributed by atoms with Crippen molar-refractivity contribution >= 4 is 23.6 Å². The van der Waals surface area contributed by atoms with Gasteiger partial charge < -0.3 is 42.6 Å². The summed E-state index contributed by atoms with van der Waals surface area (Å²) in [5.74, 6) is 4.87. The Bertz CT molecular complexity index is 1660. The highest BCUT2D eigenvalue weighted by atomic mass is 28.3. The van der Waals surface area contributed by atoms with E-state index in [4.69, 9.17) is 42.6 Å². The molecule has 0 aromatic heterocycles. The Balaban J connectivity index is 2.60. The van der Waals surface area contributed by atoms with Crippen molar-refractivity contribution in [1.82, 2.24) is 0 Å². The van der Waals surface area contributed by atoms with E-state index in [1.165, 1.54) is 16.7 Å². The molecule has 4 rings (SSSR count). The summed E-state index contributed by atoms with van der Waals surface area (Å²) in [5, 5.41) is 2.10. The van der Waals surface area contributed by atoms with Crippen molar-refractivity contribution in [3.05, 3.63) is 57.7 Å². The van der Waals surface area contributed by atoms with Crippen molar-refractivity contribution in [3.8, 4) is 51.7 Å². The average molecular weight is 693 g/mol. The van der Waals surface area contributed by atoms with Crippen LogP contribution in [0.2, 0.25) is 5.04 Å². The van der Waals surface area contributed by atoms with E-state index in [0.717, 1.165) is 32.3 Å². The highest BCUT2D eigenvalue weighted by Crippen LogP contribution is 2.57. The first-order valence-corrected chi connectivity index (χ1v) is 18.1. The second kappa shape index (κ2) is 14.2. The summed E-state index contributed by atoms with van der Waals surface area (Å²) in [5.41, 5.74) is 6.22. The Labute approximate surface area is 292 Å². The zero-order valence-electron chi connectivity index (χ0n) is 32.0. The molecular weight excluding hydrogens is 641 g/mol. The molecule has 0 fully saturated rings. The summed E-state index contributed by atoms with van der Waals surface area (Å²) in [6.45, 7) is 14.9. The van der Waals surface area contributed by atoms with Gasteiger partial charge in [-0.2, -0.15) is 0 Å². The highest BCUT2D eigenvalue weighted by Gasteiger charge is 2.61. The molecule has 0 spiro atoms. The Kier molecular flexibility index (Phi) is 10.8. The first-order chi connectivity index (χ1) is 23.3. The van der Waals surface area contributed by atoms with Crippen LogP contribution in [-0.4, -0.2) is 72.1 Å². The number of methoxy groups -OCH3 is 9. The number of allylic oxidation sites excluding steroid dienone is 4. The molecule has 0 radical (unpaired) electrons. The molecule has 1 aliphatic carbocycles. The molecule has 3 aromatic carbocycles. The summed E-state index contributed by atoms with van der Waals surface area (Å²) < 4.78 is 55.4. The van der Waals surface area contributed by atoms with Crippen molar-refractivity contribution in [3.63, 3.8) is 0 Å². The number of benzene rings is 3. The van der Waals surface area contributed by atoms with E-state index in [2.05, 4.69) is 52.0 Å². The largest absolute Gasteiger partial charge is 0.493 e. The molecule has 0 saturated heterocycles. The van der Waals surface area contributed by atoms with Crippen molar-refractivity contribution in [2.24, 2.45) is 0 Å². The van der Waals surface area contributed by atoms with E-state index in [9.17, 15) is 0 Å². The van der Waals surface area contributed by atoms with Crippen molar-refractivity contribution in [1.29, 1.82) is 0 Å². The number of aryl methyl sites for hydroxylation is 3. The van der Waals surface area contributed by atoms with Gasteiger partial charge in [0.25, 0.3) is 0 Å². The van der Waals surface area contributed by atoms with Gasteiger partial charge >= 0.3 is 0 Å². The summed E-state index contributed by atoms with van der Waals surface area (Å²) in [4.78, 5) is 0. The maximum absolute atomic E-state index is 6.42. The maximum Gasteiger partial charge on any atom is 0.203 e. The molecule has 0 heterocycles. The van der Waals surface area contributed by atoms with E-state index in [1.807, 2.05) is 20.8 Å². The lowest BCUT2D eigenvalue weighted by Gasteiger charge is -2.48. The molecule has 0 amide bonds. The molecule has 266 valence electrons. The van der Waals surface area contributed by atoms with Crippen molar-refractivity contribution < 1.29 is 42.6 Å². The van der Waals surface area contributed by atoms with Crippen LogP contribution in [0.3, 0.4) is 0 Å². The van der Waals surface area contributed by atoms with Crippen LogP contribution in [0.5, 0.6) is 51.7 Å². The minimum absolute atomic E-state index is 0.491. The Morgan fingerprint density at radius 2 is 0.673 bits per heavy atom. The second-order valence-electron chi connectivity index (χ2n) is 12.6. The van der Waals surface area contributed by atoms with Crippen LogP contribution in [0, 0.1) is 20.8 Å².